The highest BCUT2D eigenvalue weighted by Gasteiger charge is 2.32. The summed E-state index contributed by atoms with van der Waals surface area (Å²) in [6.07, 6.45) is -0.485. The Morgan fingerprint density at radius 2 is 2.22 bits per heavy atom. The molecule has 1 saturated heterocycles. The Labute approximate surface area is 121 Å². The average Bonchev–Trinajstić information content (AvgIpc) is 2.77. The summed E-state index contributed by atoms with van der Waals surface area (Å²) in [5.74, 6) is -0.0316. The number of rotatable bonds is 2. The number of hydrogen-bond donors (Lipinski definition) is 2. The lowest BCUT2D eigenvalue weighted by molar-refractivity contribution is 0.0580. The molecule has 0 radical (unpaired) electrons. The van der Waals surface area contributed by atoms with E-state index in [1.165, 1.54) is 0 Å². The minimum atomic E-state index is -0.485. The van der Waals surface area contributed by atoms with Crippen LogP contribution in [-0.2, 0) is 0 Å². The molecule has 1 aliphatic rings. The van der Waals surface area contributed by atoms with Crippen molar-refractivity contribution >= 4 is 28.5 Å². The summed E-state index contributed by atoms with van der Waals surface area (Å²) in [6, 6.07) is 5.57. The van der Waals surface area contributed by atoms with Crippen LogP contribution in [0.4, 0.5) is 0 Å². The van der Waals surface area contributed by atoms with Crippen molar-refractivity contribution in [3.63, 3.8) is 0 Å². The van der Waals surface area contributed by atoms with Gasteiger partial charge in [0.25, 0.3) is 5.91 Å². The molecule has 0 aromatic heterocycles. The second kappa shape index (κ2) is 5.54. The van der Waals surface area contributed by atoms with E-state index in [-0.39, 0.29) is 11.9 Å². The SMILES string of the molecule is Cc1cccc(C(=O)N(C)[C@@H]2CNC[C@H]2O)c1I. The third-order valence-corrected chi connectivity index (χ3v) is 4.82. The highest BCUT2D eigenvalue weighted by atomic mass is 127. The number of β-amino-alcohol motifs (C(OH)–C–C–N with tert-alkyl or cyclic N) is 1. The lowest BCUT2D eigenvalue weighted by Gasteiger charge is -2.27. The van der Waals surface area contributed by atoms with Crippen LogP contribution < -0.4 is 5.32 Å². The highest BCUT2D eigenvalue weighted by molar-refractivity contribution is 14.1. The second-order valence-electron chi connectivity index (χ2n) is 4.65. The molecular formula is C13H17IN2O2. The zero-order valence-electron chi connectivity index (χ0n) is 10.5. The van der Waals surface area contributed by atoms with Gasteiger partial charge in [-0.2, -0.15) is 0 Å². The fourth-order valence-electron chi connectivity index (χ4n) is 2.20. The van der Waals surface area contributed by atoms with Crippen molar-refractivity contribution in [1.82, 2.24) is 10.2 Å². The topological polar surface area (TPSA) is 52.6 Å². The van der Waals surface area contributed by atoms with E-state index in [9.17, 15) is 9.90 Å². The third kappa shape index (κ3) is 2.53. The number of aryl methyl sites for hydroxylation is 1. The van der Waals surface area contributed by atoms with Crippen molar-refractivity contribution in [2.75, 3.05) is 20.1 Å². The summed E-state index contributed by atoms with van der Waals surface area (Å²) < 4.78 is 0.979. The molecule has 2 rings (SSSR count). The predicted octanol–water partition coefficient (Wildman–Crippen LogP) is 1.00. The maximum Gasteiger partial charge on any atom is 0.255 e. The molecule has 1 heterocycles. The molecule has 2 N–H and O–H groups in total. The average molecular weight is 360 g/mol. The second-order valence-corrected chi connectivity index (χ2v) is 5.72. The van der Waals surface area contributed by atoms with Crippen molar-refractivity contribution in [2.45, 2.75) is 19.1 Å². The lowest BCUT2D eigenvalue weighted by atomic mass is 10.1. The summed E-state index contributed by atoms with van der Waals surface area (Å²) >= 11 is 2.20. The van der Waals surface area contributed by atoms with E-state index in [0.29, 0.717) is 18.7 Å². The number of carbonyl (C=O) groups is 1. The molecule has 4 nitrogen and oxygen atoms in total. The Morgan fingerprint density at radius 1 is 1.50 bits per heavy atom. The number of aliphatic hydroxyl groups excluding tert-OH is 1. The molecule has 0 saturated carbocycles. The summed E-state index contributed by atoms with van der Waals surface area (Å²) in [4.78, 5) is 14.1. The summed E-state index contributed by atoms with van der Waals surface area (Å²) in [7, 11) is 1.75. The van der Waals surface area contributed by atoms with Gasteiger partial charge in [-0.15, -0.1) is 0 Å². The zero-order chi connectivity index (χ0) is 13.3. The van der Waals surface area contributed by atoms with Gasteiger partial charge in [0, 0.05) is 23.7 Å². The monoisotopic (exact) mass is 360 g/mol. The molecule has 0 unspecified atom stereocenters. The maximum atomic E-state index is 12.4. The smallest absolute Gasteiger partial charge is 0.255 e. The van der Waals surface area contributed by atoms with Gasteiger partial charge >= 0.3 is 0 Å². The van der Waals surface area contributed by atoms with Crippen LogP contribution in [0, 0.1) is 10.5 Å². The van der Waals surface area contributed by atoms with Crippen LogP contribution in [0.2, 0.25) is 0 Å². The first-order valence-corrected chi connectivity index (χ1v) is 7.01. The van der Waals surface area contributed by atoms with Crippen LogP contribution in [0.1, 0.15) is 15.9 Å². The molecule has 1 aliphatic heterocycles. The van der Waals surface area contributed by atoms with Gasteiger partial charge in [0.2, 0.25) is 0 Å². The van der Waals surface area contributed by atoms with Crippen LogP contribution in [-0.4, -0.2) is 48.2 Å². The molecule has 0 spiro atoms. The van der Waals surface area contributed by atoms with E-state index in [2.05, 4.69) is 27.9 Å². The number of benzene rings is 1. The Bertz CT molecular complexity index is 464. The zero-order valence-corrected chi connectivity index (χ0v) is 12.6. The largest absolute Gasteiger partial charge is 0.390 e. The Kier molecular flexibility index (Phi) is 4.24. The van der Waals surface area contributed by atoms with Crippen molar-refractivity contribution in [1.29, 1.82) is 0 Å². The molecule has 1 aromatic rings. The lowest BCUT2D eigenvalue weighted by Crippen LogP contribution is -2.44. The summed E-state index contributed by atoms with van der Waals surface area (Å²) in [5.41, 5.74) is 1.80. The first-order chi connectivity index (χ1) is 8.52. The first-order valence-electron chi connectivity index (χ1n) is 5.93. The number of hydrogen-bond acceptors (Lipinski definition) is 3. The number of aliphatic hydroxyl groups is 1. The number of halogens is 1. The van der Waals surface area contributed by atoms with Gasteiger partial charge in [-0.3, -0.25) is 4.79 Å². The number of nitrogens with one attached hydrogen (secondary N) is 1. The van der Waals surface area contributed by atoms with E-state index >= 15 is 0 Å². The van der Waals surface area contributed by atoms with E-state index in [0.717, 1.165) is 9.13 Å². The van der Waals surface area contributed by atoms with Crippen LogP contribution >= 0.6 is 22.6 Å². The molecule has 98 valence electrons. The molecule has 0 bridgehead atoms. The fraction of sp³-hybridized carbons (Fsp3) is 0.462. The Morgan fingerprint density at radius 3 is 2.83 bits per heavy atom. The molecule has 5 heteroatoms. The number of likely N-dealkylation sites (N-methyl/N-ethyl adjacent to an activating group) is 1. The van der Waals surface area contributed by atoms with Gasteiger partial charge in [-0.05, 0) is 41.1 Å². The molecule has 1 amide bonds. The standard InChI is InChI=1S/C13H17IN2O2/c1-8-4-3-5-9(12(8)14)13(18)16(2)10-6-15-7-11(10)17/h3-5,10-11,15,17H,6-7H2,1-2H3/t10-,11-/m1/s1. The van der Waals surface area contributed by atoms with Crippen LogP contribution in [0.5, 0.6) is 0 Å². The van der Waals surface area contributed by atoms with Crippen molar-refractivity contribution in [2.24, 2.45) is 0 Å². The molecule has 18 heavy (non-hydrogen) atoms. The molecule has 1 aromatic carbocycles. The maximum absolute atomic E-state index is 12.4. The Balaban J connectivity index is 2.23. The van der Waals surface area contributed by atoms with Gasteiger partial charge in [0.05, 0.1) is 17.7 Å². The Hall–Kier alpha value is -0.660. The predicted molar refractivity (Wildman–Crippen MR) is 78.7 cm³/mol. The summed E-state index contributed by atoms with van der Waals surface area (Å²) in [6.45, 7) is 3.18. The van der Waals surface area contributed by atoms with E-state index in [1.807, 2.05) is 25.1 Å². The van der Waals surface area contributed by atoms with Gasteiger partial charge in [-0.25, -0.2) is 0 Å². The van der Waals surface area contributed by atoms with Crippen molar-refractivity contribution < 1.29 is 9.90 Å². The molecule has 2 atom stereocenters. The normalized spacial score (nSPS) is 23.1. The quantitative estimate of drug-likeness (QED) is 0.774. The fourth-order valence-corrected chi connectivity index (χ4v) is 2.79. The molecule has 0 aliphatic carbocycles. The van der Waals surface area contributed by atoms with Crippen molar-refractivity contribution in [3.8, 4) is 0 Å². The number of nitrogens with zero attached hydrogens (tertiary/aromatic N) is 1. The van der Waals surface area contributed by atoms with Gasteiger partial charge < -0.3 is 15.3 Å². The first kappa shape index (κ1) is 13.8. The van der Waals surface area contributed by atoms with E-state index in [4.69, 9.17) is 0 Å². The minimum absolute atomic E-state index is 0.0316. The van der Waals surface area contributed by atoms with Gasteiger partial charge in [0.1, 0.15) is 0 Å². The summed E-state index contributed by atoms with van der Waals surface area (Å²) in [5, 5.41) is 12.9. The van der Waals surface area contributed by atoms with E-state index in [1.54, 1.807) is 11.9 Å². The number of carbonyl (C=O) groups excluding carboxylic acids is 1. The van der Waals surface area contributed by atoms with Crippen LogP contribution in [0.15, 0.2) is 18.2 Å². The van der Waals surface area contributed by atoms with Crippen molar-refractivity contribution in [3.05, 3.63) is 32.9 Å². The number of amides is 1. The van der Waals surface area contributed by atoms with Gasteiger partial charge in [-0.1, -0.05) is 12.1 Å². The highest BCUT2D eigenvalue weighted by Crippen LogP contribution is 2.20. The molecular weight excluding hydrogens is 343 g/mol. The van der Waals surface area contributed by atoms with Crippen LogP contribution in [0.3, 0.4) is 0 Å². The third-order valence-electron chi connectivity index (χ3n) is 3.39. The van der Waals surface area contributed by atoms with Crippen LogP contribution in [0.25, 0.3) is 0 Å². The molecule has 1 fully saturated rings. The minimum Gasteiger partial charge on any atom is -0.390 e. The van der Waals surface area contributed by atoms with Gasteiger partial charge in [0.15, 0.2) is 0 Å². The van der Waals surface area contributed by atoms with E-state index < -0.39 is 6.10 Å².